The van der Waals surface area contributed by atoms with Gasteiger partial charge in [-0.25, -0.2) is 0 Å². The van der Waals surface area contributed by atoms with Crippen LogP contribution >= 0.6 is 0 Å². The first kappa shape index (κ1) is 13.1. The van der Waals surface area contributed by atoms with Crippen molar-refractivity contribution in [3.05, 3.63) is 41.5 Å². The Kier molecular flexibility index (Phi) is 3.79. The summed E-state index contributed by atoms with van der Waals surface area (Å²) in [5.41, 5.74) is -0.827. The van der Waals surface area contributed by atoms with Crippen LogP contribution in [0.4, 0.5) is 13.2 Å². The zero-order chi connectivity index (χ0) is 13.1. The van der Waals surface area contributed by atoms with Crippen LogP contribution in [-0.4, -0.2) is 6.61 Å². The largest absolute Gasteiger partial charge is 0.488 e. The first-order valence-corrected chi connectivity index (χ1v) is 4.73. The van der Waals surface area contributed by atoms with E-state index in [-0.39, 0.29) is 12.4 Å². The van der Waals surface area contributed by atoms with E-state index in [1.165, 1.54) is 18.2 Å². The number of nitrogens with zero attached hydrogens (tertiary/aromatic N) is 1. The Morgan fingerprint density at radius 1 is 1.47 bits per heavy atom. The maximum Gasteiger partial charge on any atom is 0.417 e. The normalized spacial score (nSPS) is 10.8. The van der Waals surface area contributed by atoms with E-state index in [0.717, 1.165) is 6.07 Å². The van der Waals surface area contributed by atoms with Crippen LogP contribution in [-0.2, 0) is 6.18 Å². The van der Waals surface area contributed by atoms with Gasteiger partial charge in [0, 0.05) is 0 Å². The molecular formula is C12H10F3NO. The topological polar surface area (TPSA) is 33.0 Å². The van der Waals surface area contributed by atoms with Gasteiger partial charge in [0.05, 0.1) is 5.56 Å². The maximum absolute atomic E-state index is 12.6. The Labute approximate surface area is 96.9 Å². The minimum absolute atomic E-state index is 0.0784. The van der Waals surface area contributed by atoms with Gasteiger partial charge in [-0.3, -0.25) is 0 Å². The average Bonchev–Trinajstić information content (AvgIpc) is 2.24. The van der Waals surface area contributed by atoms with Gasteiger partial charge in [0.25, 0.3) is 0 Å². The van der Waals surface area contributed by atoms with Gasteiger partial charge in [0.15, 0.2) is 0 Å². The molecule has 0 atom stereocenters. The minimum Gasteiger partial charge on any atom is -0.488 e. The number of nitriles is 1. The lowest BCUT2D eigenvalue weighted by molar-refractivity contribution is -0.137. The Hall–Kier alpha value is -1.96. The molecule has 1 rings (SSSR count). The number of benzene rings is 1. The molecular weight excluding hydrogens is 231 g/mol. The number of ether oxygens (including phenoxy) is 1. The summed E-state index contributed by atoms with van der Waals surface area (Å²) in [6.45, 7) is 5.33. The third kappa shape index (κ3) is 3.25. The second kappa shape index (κ2) is 4.91. The molecule has 0 radical (unpaired) electrons. The van der Waals surface area contributed by atoms with Gasteiger partial charge >= 0.3 is 6.18 Å². The number of halogens is 3. The van der Waals surface area contributed by atoms with Crippen molar-refractivity contribution in [1.29, 1.82) is 5.26 Å². The van der Waals surface area contributed by atoms with E-state index in [0.29, 0.717) is 5.57 Å². The number of hydrogen-bond donors (Lipinski definition) is 0. The molecule has 0 aromatic heterocycles. The first-order valence-electron chi connectivity index (χ1n) is 4.73. The summed E-state index contributed by atoms with van der Waals surface area (Å²) in [5.74, 6) is -0.0784. The zero-order valence-electron chi connectivity index (χ0n) is 9.14. The van der Waals surface area contributed by atoms with Crippen molar-refractivity contribution in [2.24, 2.45) is 0 Å². The molecule has 0 aliphatic carbocycles. The molecule has 0 aliphatic heterocycles. The van der Waals surface area contributed by atoms with Gasteiger partial charge in [-0.1, -0.05) is 12.6 Å². The smallest absolute Gasteiger partial charge is 0.417 e. The fourth-order valence-electron chi connectivity index (χ4n) is 1.20. The lowest BCUT2D eigenvalue weighted by Gasteiger charge is -2.12. The van der Waals surface area contributed by atoms with Crippen molar-refractivity contribution in [1.82, 2.24) is 0 Å². The molecule has 1 aromatic rings. The van der Waals surface area contributed by atoms with E-state index in [1.54, 1.807) is 6.92 Å². The molecule has 0 bridgehead atoms. The van der Waals surface area contributed by atoms with Crippen molar-refractivity contribution in [2.45, 2.75) is 13.1 Å². The van der Waals surface area contributed by atoms with Crippen LogP contribution in [0.3, 0.4) is 0 Å². The van der Waals surface area contributed by atoms with E-state index < -0.39 is 17.3 Å². The van der Waals surface area contributed by atoms with Gasteiger partial charge in [0.1, 0.15) is 24.0 Å². The van der Waals surface area contributed by atoms with Crippen LogP contribution in [0.25, 0.3) is 0 Å². The van der Waals surface area contributed by atoms with E-state index in [9.17, 15) is 13.2 Å². The van der Waals surface area contributed by atoms with Gasteiger partial charge in [-0.2, -0.15) is 18.4 Å². The highest BCUT2D eigenvalue weighted by atomic mass is 19.4. The Morgan fingerprint density at radius 3 is 2.59 bits per heavy atom. The third-order valence-corrected chi connectivity index (χ3v) is 1.92. The molecule has 0 saturated heterocycles. The Balaban J connectivity index is 3.16. The summed E-state index contributed by atoms with van der Waals surface area (Å²) < 4.78 is 42.9. The van der Waals surface area contributed by atoms with E-state index in [2.05, 4.69) is 6.58 Å². The molecule has 0 N–H and O–H groups in total. The molecule has 0 unspecified atom stereocenters. The molecule has 90 valence electrons. The molecule has 0 heterocycles. The monoisotopic (exact) mass is 241 g/mol. The average molecular weight is 241 g/mol. The summed E-state index contributed by atoms with van der Waals surface area (Å²) in [4.78, 5) is 0. The Morgan fingerprint density at radius 2 is 2.12 bits per heavy atom. The van der Waals surface area contributed by atoms with Crippen LogP contribution in [0.5, 0.6) is 5.75 Å². The highest BCUT2D eigenvalue weighted by Gasteiger charge is 2.34. The van der Waals surface area contributed by atoms with Crippen molar-refractivity contribution in [3.8, 4) is 11.8 Å². The van der Waals surface area contributed by atoms with E-state index in [1.807, 2.05) is 0 Å². The highest BCUT2D eigenvalue weighted by molar-refractivity contribution is 5.50. The van der Waals surface area contributed by atoms with Crippen LogP contribution < -0.4 is 4.74 Å². The molecule has 0 aliphatic rings. The molecule has 0 spiro atoms. The lowest BCUT2D eigenvalue weighted by Crippen LogP contribution is -2.09. The van der Waals surface area contributed by atoms with Gasteiger partial charge < -0.3 is 4.74 Å². The summed E-state index contributed by atoms with van der Waals surface area (Å²) in [6.07, 6.45) is -4.56. The molecule has 0 amide bonds. The van der Waals surface area contributed by atoms with E-state index in [4.69, 9.17) is 10.00 Å². The van der Waals surface area contributed by atoms with Gasteiger partial charge in [-0.15, -0.1) is 0 Å². The molecule has 0 saturated carbocycles. The van der Waals surface area contributed by atoms with Crippen LogP contribution in [0.1, 0.15) is 18.1 Å². The molecule has 17 heavy (non-hydrogen) atoms. The zero-order valence-corrected chi connectivity index (χ0v) is 9.14. The molecule has 2 nitrogen and oxygen atoms in total. The first-order chi connectivity index (χ1) is 7.86. The fourth-order valence-corrected chi connectivity index (χ4v) is 1.20. The van der Waals surface area contributed by atoms with Crippen LogP contribution in [0.15, 0.2) is 30.4 Å². The standard InChI is InChI=1S/C12H10F3NO/c1-8(2)7-17-11-5-3-4-10(9(11)6-16)12(13,14)15/h3-5H,1,7H2,2H3. The maximum atomic E-state index is 12.6. The van der Waals surface area contributed by atoms with Crippen LogP contribution in [0, 0.1) is 11.3 Å². The predicted molar refractivity (Wildman–Crippen MR) is 56.5 cm³/mol. The van der Waals surface area contributed by atoms with Crippen molar-refractivity contribution < 1.29 is 17.9 Å². The predicted octanol–water partition coefficient (Wildman–Crippen LogP) is 3.53. The quantitative estimate of drug-likeness (QED) is 0.758. The van der Waals surface area contributed by atoms with Crippen molar-refractivity contribution in [2.75, 3.05) is 6.61 Å². The lowest BCUT2D eigenvalue weighted by atomic mass is 10.1. The van der Waals surface area contributed by atoms with Gasteiger partial charge in [0.2, 0.25) is 0 Å². The van der Waals surface area contributed by atoms with Crippen LogP contribution in [0.2, 0.25) is 0 Å². The fraction of sp³-hybridized carbons (Fsp3) is 0.250. The van der Waals surface area contributed by atoms with Crippen molar-refractivity contribution >= 4 is 0 Å². The Bertz CT molecular complexity index is 472. The SMILES string of the molecule is C=C(C)COc1cccc(C(F)(F)F)c1C#N. The van der Waals surface area contributed by atoms with E-state index >= 15 is 0 Å². The molecule has 5 heteroatoms. The molecule has 1 aromatic carbocycles. The summed E-state index contributed by atoms with van der Waals surface area (Å²) >= 11 is 0. The highest BCUT2D eigenvalue weighted by Crippen LogP contribution is 2.35. The second-order valence-corrected chi connectivity index (χ2v) is 3.53. The third-order valence-electron chi connectivity index (χ3n) is 1.92. The minimum atomic E-state index is -4.56. The summed E-state index contributed by atoms with van der Waals surface area (Å²) in [6, 6.07) is 4.91. The summed E-state index contributed by atoms with van der Waals surface area (Å²) in [7, 11) is 0. The summed E-state index contributed by atoms with van der Waals surface area (Å²) in [5, 5.41) is 8.78. The number of rotatable bonds is 3. The number of hydrogen-bond acceptors (Lipinski definition) is 2. The van der Waals surface area contributed by atoms with Gasteiger partial charge in [-0.05, 0) is 24.6 Å². The van der Waals surface area contributed by atoms with Crippen molar-refractivity contribution in [3.63, 3.8) is 0 Å². The second-order valence-electron chi connectivity index (χ2n) is 3.53. The number of alkyl halides is 3. The molecule has 0 fully saturated rings.